The van der Waals surface area contributed by atoms with Gasteiger partial charge in [0.2, 0.25) is 8.32 Å². The number of rotatable bonds is 7. The monoisotopic (exact) mass is 292 g/mol. The van der Waals surface area contributed by atoms with Gasteiger partial charge in [-0.15, -0.1) is 0 Å². The molecule has 0 aromatic rings. The molecular weight excluding hydrogens is 276 g/mol. The third-order valence-corrected chi connectivity index (χ3v) is 4.76. The lowest BCUT2D eigenvalue weighted by molar-refractivity contribution is 0.136. The van der Waals surface area contributed by atoms with Crippen LogP contribution in [0.3, 0.4) is 0 Å². The lowest BCUT2D eigenvalue weighted by Gasteiger charge is -2.18. The molecule has 0 aromatic carbocycles. The second-order valence-corrected chi connectivity index (χ2v) is 10.6. The molecule has 7 nitrogen and oxygen atoms in total. The van der Waals surface area contributed by atoms with Crippen molar-refractivity contribution in [3.05, 3.63) is 0 Å². The van der Waals surface area contributed by atoms with E-state index in [-0.39, 0.29) is 6.61 Å². The first-order chi connectivity index (χ1) is 7.02. The minimum absolute atomic E-state index is 0.322. The molecule has 2 unspecified atom stereocenters. The smallest absolute Gasteiger partial charge is 0.294 e. The highest BCUT2D eigenvalue weighted by atomic mass is 32.3. The van der Waals surface area contributed by atoms with Crippen LogP contribution in [0.25, 0.3) is 0 Å². The predicted molar refractivity (Wildman–Crippen MR) is 60.6 cm³/mol. The topological polar surface area (TPSA) is 99.1 Å². The Bertz CT molecular complexity index is 333. The highest BCUT2D eigenvalue weighted by Gasteiger charge is 2.27. The van der Waals surface area contributed by atoms with Crippen molar-refractivity contribution >= 4 is 30.1 Å². The molecule has 0 bridgehead atoms. The third kappa shape index (κ3) is 9.39. The summed E-state index contributed by atoms with van der Waals surface area (Å²) in [5.41, 5.74) is 0. The van der Waals surface area contributed by atoms with Crippen molar-refractivity contribution in [2.45, 2.75) is 32.7 Å². The quantitative estimate of drug-likeness (QED) is 0.543. The minimum atomic E-state index is -4.09. The zero-order chi connectivity index (χ0) is 13.0. The molecule has 0 saturated carbocycles. The van der Waals surface area contributed by atoms with Gasteiger partial charge in [0.1, 0.15) is 6.10 Å². The van der Waals surface area contributed by atoms with Gasteiger partial charge in [0.15, 0.2) is 0 Å². The maximum absolute atomic E-state index is 11.3. The summed E-state index contributed by atoms with van der Waals surface area (Å²) in [7, 11) is -6.35. The molecule has 0 saturated heterocycles. The Morgan fingerprint density at radius 3 is 2.25 bits per heavy atom. The number of hydrogen-bond acceptors (Lipinski definition) is 6. The van der Waals surface area contributed by atoms with Crippen LogP contribution in [0.4, 0.5) is 0 Å². The normalized spacial score (nSPS) is 17.1. The average Bonchev–Trinajstić information content (AvgIpc) is 1.94. The molecule has 98 valence electrons. The molecule has 0 aliphatic heterocycles. The van der Waals surface area contributed by atoms with Crippen LogP contribution in [0.2, 0.25) is 19.6 Å². The van der Waals surface area contributed by atoms with Gasteiger partial charge in [0, 0.05) is 0 Å². The maximum atomic E-state index is 11.3. The molecule has 0 aromatic heterocycles. The van der Waals surface area contributed by atoms with Crippen molar-refractivity contribution in [3.63, 3.8) is 0 Å². The third-order valence-electron chi connectivity index (χ3n) is 1.04. The summed E-state index contributed by atoms with van der Waals surface area (Å²) < 4.78 is 54.7. The van der Waals surface area contributed by atoms with Gasteiger partial charge in [-0.3, -0.25) is 12.6 Å². The first-order valence-corrected chi connectivity index (χ1v) is 10.2. The van der Waals surface area contributed by atoms with Crippen molar-refractivity contribution in [1.29, 1.82) is 0 Å². The van der Waals surface area contributed by atoms with Crippen LogP contribution in [0, 0.1) is 0 Å². The Kier molecular flexibility index (Phi) is 6.25. The first kappa shape index (κ1) is 16.2. The minimum Gasteiger partial charge on any atom is -0.294 e. The van der Waals surface area contributed by atoms with Gasteiger partial charge in [-0.25, -0.2) is 4.18 Å². The summed E-state index contributed by atoms with van der Waals surface area (Å²) in [6, 6.07) is 0. The Morgan fingerprint density at radius 1 is 1.38 bits per heavy atom. The summed E-state index contributed by atoms with van der Waals surface area (Å²) >= 11 is -2.44. The largest absolute Gasteiger partial charge is 0.390 e. The van der Waals surface area contributed by atoms with E-state index in [1.54, 1.807) is 19.6 Å². The molecule has 10 heteroatoms. The van der Waals surface area contributed by atoms with Gasteiger partial charge >= 0.3 is 21.8 Å². The molecule has 0 aliphatic carbocycles. The van der Waals surface area contributed by atoms with Crippen LogP contribution in [-0.2, 0) is 34.0 Å². The van der Waals surface area contributed by atoms with Crippen LogP contribution < -0.4 is 0 Å². The summed E-state index contributed by atoms with van der Waals surface area (Å²) in [6.45, 7) is 6.14. The molecule has 0 fully saturated rings. The number of hydrogen-bond donors (Lipinski definition) is 1. The highest BCUT2D eigenvalue weighted by Crippen LogP contribution is 2.11. The fourth-order valence-electron chi connectivity index (χ4n) is 0.709. The van der Waals surface area contributed by atoms with Crippen molar-refractivity contribution < 1.29 is 29.4 Å². The van der Waals surface area contributed by atoms with Crippen molar-refractivity contribution in [1.82, 2.24) is 0 Å². The fraction of sp³-hybridized carbons (Fsp3) is 1.00. The van der Waals surface area contributed by atoms with Crippen LogP contribution in [0.15, 0.2) is 0 Å². The second kappa shape index (κ2) is 6.19. The Hall–Kier alpha value is 0.157. The van der Waals surface area contributed by atoms with E-state index in [2.05, 4.69) is 8.37 Å². The van der Waals surface area contributed by atoms with Gasteiger partial charge in [-0.1, -0.05) is 0 Å². The zero-order valence-electron chi connectivity index (χ0n) is 9.50. The molecule has 2 atom stereocenters. The van der Waals surface area contributed by atoms with Crippen LogP contribution in [-0.4, -0.2) is 38.2 Å². The summed E-state index contributed by atoms with van der Waals surface area (Å²) in [5, 5.41) is 0. The average molecular weight is 292 g/mol. The summed E-state index contributed by atoms with van der Waals surface area (Å²) in [6.07, 6.45) is -0.891. The second-order valence-electron chi connectivity index (χ2n) is 4.01. The standard InChI is InChI=1S/C6H16O7S2Si/c1-6(5-11-14(7)8)12-15(9,10)13-16(2,3)4/h6H,5H2,1-4H3,(H,7,8). The lowest BCUT2D eigenvalue weighted by Crippen LogP contribution is -2.32. The van der Waals surface area contributed by atoms with E-state index in [4.69, 9.17) is 8.42 Å². The van der Waals surface area contributed by atoms with E-state index in [0.717, 1.165) is 0 Å². The molecule has 0 spiro atoms. The molecule has 0 aliphatic rings. The van der Waals surface area contributed by atoms with Crippen LogP contribution >= 0.6 is 0 Å². The van der Waals surface area contributed by atoms with Gasteiger partial charge in [-0.05, 0) is 26.6 Å². The fourth-order valence-corrected chi connectivity index (χ4v) is 4.08. The molecule has 16 heavy (non-hydrogen) atoms. The van der Waals surface area contributed by atoms with E-state index in [9.17, 15) is 12.6 Å². The maximum Gasteiger partial charge on any atom is 0.390 e. The van der Waals surface area contributed by atoms with Crippen LogP contribution in [0.1, 0.15) is 6.92 Å². The molecule has 0 amide bonds. The first-order valence-electron chi connectivity index (χ1n) is 4.40. The predicted octanol–water partition coefficient (Wildman–Crippen LogP) is 0.641. The summed E-state index contributed by atoms with van der Waals surface area (Å²) in [4.78, 5) is 0. The highest BCUT2D eigenvalue weighted by molar-refractivity contribution is 7.83. The van der Waals surface area contributed by atoms with Crippen molar-refractivity contribution in [2.75, 3.05) is 6.61 Å². The Balaban J connectivity index is 4.21. The Labute approximate surface area is 99.0 Å². The van der Waals surface area contributed by atoms with Crippen LogP contribution in [0.5, 0.6) is 0 Å². The van der Waals surface area contributed by atoms with Gasteiger partial charge in [0.05, 0.1) is 6.61 Å². The van der Waals surface area contributed by atoms with Gasteiger partial charge in [0.25, 0.3) is 0 Å². The lowest BCUT2D eigenvalue weighted by atomic mass is 10.5. The Morgan fingerprint density at radius 2 is 1.88 bits per heavy atom. The molecular formula is C6H16O7S2Si. The molecule has 0 radical (unpaired) electrons. The van der Waals surface area contributed by atoms with Gasteiger partial charge < -0.3 is 0 Å². The summed E-state index contributed by atoms with van der Waals surface area (Å²) in [5.74, 6) is 0. The SMILES string of the molecule is CC(COS(=O)O)OS(=O)(=O)O[Si](C)(C)C. The van der Waals surface area contributed by atoms with E-state index in [1.165, 1.54) is 6.92 Å². The zero-order valence-corrected chi connectivity index (χ0v) is 12.1. The molecule has 0 rings (SSSR count). The van der Waals surface area contributed by atoms with E-state index >= 15 is 0 Å². The molecule has 0 heterocycles. The van der Waals surface area contributed by atoms with E-state index in [0.29, 0.717) is 0 Å². The van der Waals surface area contributed by atoms with Gasteiger partial charge in [-0.2, -0.15) is 12.6 Å². The van der Waals surface area contributed by atoms with Crippen molar-refractivity contribution in [2.24, 2.45) is 0 Å². The molecule has 1 N–H and O–H groups in total. The van der Waals surface area contributed by atoms with E-state index in [1.807, 2.05) is 0 Å². The van der Waals surface area contributed by atoms with Crippen molar-refractivity contribution in [3.8, 4) is 0 Å². The van der Waals surface area contributed by atoms with E-state index < -0.39 is 36.2 Å².